The number of aliphatic hydroxyl groups excluding tert-OH is 1. The number of aliphatic hydroxyl groups is 1. The van der Waals surface area contributed by atoms with Crippen LogP contribution in [0.15, 0.2) is 12.2 Å². The average molecular weight is 1250 g/mol. The van der Waals surface area contributed by atoms with Crippen molar-refractivity contribution in [3.8, 4) is 0 Å². The topological polar surface area (TPSA) is 296 Å². The Hall–Kier alpha value is -6.46. The Balaban J connectivity index is 0.0000247. The summed E-state index contributed by atoms with van der Waals surface area (Å²) in [6.07, 6.45) is 3.79. The summed E-state index contributed by atoms with van der Waals surface area (Å²) in [7, 11) is 9.92. The second kappa shape index (κ2) is 38.2. The monoisotopic (exact) mass is 1250 g/mol. The normalized spacial score (nSPS) is 26.1. The van der Waals surface area contributed by atoms with Gasteiger partial charge in [-0.15, -0.1) is 0 Å². The van der Waals surface area contributed by atoms with Crippen molar-refractivity contribution in [3.05, 3.63) is 12.2 Å². The summed E-state index contributed by atoms with van der Waals surface area (Å²) in [6.45, 7) is 30.8. The summed E-state index contributed by atoms with van der Waals surface area (Å²) in [5, 5.41) is 23.1. The predicted octanol–water partition coefficient (Wildman–Crippen LogP) is 3.47. The molecule has 11 amide bonds. The standard InChI is InChI=1S/C62H111N11O12.C2H4O/c1-25-27-28-40(15)52(75)51-56(79)65-43(26-2)58(81)67(18)33-48(74)68(19)44(29-34(3)4)55(78)66-49(38(11)12)61(84)69(20)45(30-35(5)6)54(77)63-41(16)53(76)64-42(17)57(80)70(21)46(31-36(7)8)59(82)71(22)47(32-37(9)10)60(83)72(23)50(39(13)14)62(85)73(51)24;1-2-3/h25,27,34-47,49-52,75H,26,28-33H2,1-24H3,(H,63,77)(H,64,76)(H,65,79)(H,66,78);2H,1H3/t40-,41+,42-,43+,44+,45+,46+,47+,49+,50+,51+,52-;/m1./s1. The lowest BCUT2D eigenvalue weighted by Crippen LogP contribution is -2.63. The average Bonchev–Trinajstić information content (AvgIpc) is 2.62. The Morgan fingerprint density at radius 1 is 0.466 bits per heavy atom. The van der Waals surface area contributed by atoms with Crippen LogP contribution in [0.2, 0.25) is 0 Å². The third-order valence-electron chi connectivity index (χ3n) is 16.1. The molecule has 88 heavy (non-hydrogen) atoms. The van der Waals surface area contributed by atoms with Crippen molar-refractivity contribution < 1.29 is 62.6 Å². The van der Waals surface area contributed by atoms with E-state index in [4.69, 9.17) is 4.79 Å². The molecule has 0 saturated carbocycles. The van der Waals surface area contributed by atoms with E-state index in [0.29, 0.717) is 6.42 Å². The first kappa shape index (κ1) is 81.5. The summed E-state index contributed by atoms with van der Waals surface area (Å²) in [5.74, 6) is -9.71. The van der Waals surface area contributed by atoms with Crippen molar-refractivity contribution in [2.75, 3.05) is 55.9 Å². The molecule has 24 heteroatoms. The van der Waals surface area contributed by atoms with E-state index in [-0.39, 0.29) is 55.8 Å². The van der Waals surface area contributed by atoms with Crippen LogP contribution in [-0.4, -0.2) is 233 Å². The molecule has 0 aromatic rings. The smallest absolute Gasteiger partial charge is 0.246 e. The van der Waals surface area contributed by atoms with Gasteiger partial charge in [-0.05, 0) is 108 Å². The second-order valence-corrected chi connectivity index (χ2v) is 26.3. The van der Waals surface area contributed by atoms with Crippen LogP contribution in [0.1, 0.15) is 163 Å². The molecule has 0 bridgehead atoms. The minimum Gasteiger partial charge on any atom is -0.390 e. The van der Waals surface area contributed by atoms with E-state index >= 15 is 9.59 Å². The van der Waals surface area contributed by atoms with Crippen LogP contribution in [0.4, 0.5) is 0 Å². The fourth-order valence-electron chi connectivity index (χ4n) is 10.7. The number of nitrogens with zero attached hydrogens (tertiary/aromatic N) is 7. The zero-order valence-electron chi connectivity index (χ0n) is 58.1. The maximum atomic E-state index is 15.1. The molecule has 1 aliphatic rings. The quantitative estimate of drug-likeness (QED) is 0.116. The molecule has 504 valence electrons. The Kier molecular flexibility index (Phi) is 35.4. The van der Waals surface area contributed by atoms with Crippen LogP contribution >= 0.6 is 0 Å². The fraction of sp³-hybridized carbons (Fsp3) is 0.781. The van der Waals surface area contributed by atoms with Crippen LogP contribution in [0, 0.1) is 41.4 Å². The summed E-state index contributed by atoms with van der Waals surface area (Å²) in [6, 6.07) is -12.3. The van der Waals surface area contributed by atoms with Gasteiger partial charge in [0.2, 0.25) is 65.0 Å². The highest BCUT2D eigenvalue weighted by Crippen LogP contribution is 2.26. The number of allylic oxidation sites excluding steroid dienone is 2. The molecule has 5 N–H and O–H groups in total. The van der Waals surface area contributed by atoms with Gasteiger partial charge in [-0.1, -0.05) is 109 Å². The maximum absolute atomic E-state index is 15.1. The minimum atomic E-state index is -1.61. The van der Waals surface area contributed by atoms with E-state index in [9.17, 15) is 48.3 Å². The maximum Gasteiger partial charge on any atom is 0.246 e. The van der Waals surface area contributed by atoms with Crippen LogP contribution in [-0.2, 0) is 57.5 Å². The highest BCUT2D eigenvalue weighted by molar-refractivity contribution is 5.99. The molecular weight excluding hydrogens is 1130 g/mol. The zero-order valence-corrected chi connectivity index (χ0v) is 58.1. The summed E-state index contributed by atoms with van der Waals surface area (Å²) >= 11 is 0. The number of amides is 11. The molecule has 0 spiro atoms. The van der Waals surface area contributed by atoms with Gasteiger partial charge in [-0.2, -0.15) is 0 Å². The van der Waals surface area contributed by atoms with Crippen LogP contribution < -0.4 is 21.3 Å². The molecular formula is C64H115N11O13. The van der Waals surface area contributed by atoms with Crippen LogP contribution in [0.3, 0.4) is 0 Å². The van der Waals surface area contributed by atoms with Gasteiger partial charge in [0.25, 0.3) is 0 Å². The lowest BCUT2D eigenvalue weighted by molar-refractivity contribution is -0.157. The first-order valence-corrected chi connectivity index (χ1v) is 31.4. The molecule has 1 heterocycles. The molecule has 0 unspecified atom stereocenters. The second-order valence-electron chi connectivity index (χ2n) is 26.3. The van der Waals surface area contributed by atoms with Crippen molar-refractivity contribution in [1.82, 2.24) is 55.6 Å². The predicted molar refractivity (Wildman–Crippen MR) is 340 cm³/mol. The van der Waals surface area contributed by atoms with Gasteiger partial charge in [0.05, 0.1) is 12.6 Å². The molecule has 1 saturated heterocycles. The number of aldehydes is 1. The van der Waals surface area contributed by atoms with E-state index in [2.05, 4.69) is 21.3 Å². The molecule has 0 radical (unpaired) electrons. The summed E-state index contributed by atoms with van der Waals surface area (Å²) in [4.78, 5) is 177. The van der Waals surface area contributed by atoms with Gasteiger partial charge in [0.15, 0.2) is 0 Å². The molecule has 1 rings (SSSR count). The van der Waals surface area contributed by atoms with Crippen LogP contribution in [0.25, 0.3) is 0 Å². The highest BCUT2D eigenvalue weighted by Gasteiger charge is 2.45. The van der Waals surface area contributed by atoms with Crippen molar-refractivity contribution in [2.24, 2.45) is 41.4 Å². The minimum absolute atomic E-state index is 0.0229. The van der Waals surface area contributed by atoms with E-state index in [1.165, 1.54) is 94.6 Å². The Morgan fingerprint density at radius 3 is 1.30 bits per heavy atom. The van der Waals surface area contributed by atoms with Crippen molar-refractivity contribution in [2.45, 2.75) is 230 Å². The van der Waals surface area contributed by atoms with E-state index in [1.807, 2.05) is 61.5 Å². The first-order valence-electron chi connectivity index (χ1n) is 31.4. The third kappa shape index (κ3) is 23.8. The number of hydrogen-bond donors (Lipinski definition) is 5. The van der Waals surface area contributed by atoms with Gasteiger partial charge in [0.1, 0.15) is 66.7 Å². The fourth-order valence-corrected chi connectivity index (χ4v) is 10.7. The van der Waals surface area contributed by atoms with Gasteiger partial charge in [0, 0.05) is 49.3 Å². The molecule has 12 atom stereocenters. The van der Waals surface area contributed by atoms with Gasteiger partial charge in [-0.25, -0.2) is 0 Å². The number of hydrogen-bond acceptors (Lipinski definition) is 13. The van der Waals surface area contributed by atoms with E-state index < -0.39 is 156 Å². The van der Waals surface area contributed by atoms with Crippen LogP contribution in [0.5, 0.6) is 0 Å². The largest absolute Gasteiger partial charge is 0.390 e. The zero-order chi connectivity index (χ0) is 68.7. The van der Waals surface area contributed by atoms with Crippen molar-refractivity contribution in [3.63, 3.8) is 0 Å². The Bertz CT molecular complexity index is 2380. The van der Waals surface area contributed by atoms with Crippen molar-refractivity contribution >= 4 is 71.3 Å². The lowest BCUT2D eigenvalue weighted by atomic mass is 9.91. The summed E-state index contributed by atoms with van der Waals surface area (Å²) in [5.41, 5.74) is 0. The lowest BCUT2D eigenvalue weighted by Gasteiger charge is -2.41. The molecule has 0 aromatic heterocycles. The summed E-state index contributed by atoms with van der Waals surface area (Å²) < 4.78 is 0. The van der Waals surface area contributed by atoms with E-state index in [1.54, 1.807) is 54.5 Å². The number of carbonyl (C=O) groups is 12. The number of likely N-dealkylation sites (N-methyl/N-ethyl adjacent to an activating group) is 7. The third-order valence-corrected chi connectivity index (χ3v) is 16.1. The molecule has 1 fully saturated rings. The Morgan fingerprint density at radius 2 is 0.864 bits per heavy atom. The van der Waals surface area contributed by atoms with Crippen molar-refractivity contribution in [1.29, 1.82) is 0 Å². The van der Waals surface area contributed by atoms with Gasteiger partial charge in [-0.3, -0.25) is 52.7 Å². The Labute approximate surface area is 526 Å². The van der Waals surface area contributed by atoms with Gasteiger partial charge < -0.3 is 65.5 Å². The molecule has 24 nitrogen and oxygen atoms in total. The molecule has 0 aliphatic carbocycles. The van der Waals surface area contributed by atoms with Gasteiger partial charge >= 0.3 is 0 Å². The SMILES string of the molecule is CC=CC[C@@H](C)[C@@H](O)[C@H]1C(=O)N[C@@H](CC)C(=O)N(C)CC(=O)N(C)[C@@H](CC(C)C)C(=O)N[C@@H](C(C)C)C(=O)N(C)[C@@H](CC(C)C)C(=O)N[C@@H](C)C(=O)N[C@H](C)C(=O)N(C)[C@@H](CC(C)C)C(=O)N(C)[C@@H](CC(C)C)C(=O)N(C)[C@@H](C(C)C)C(=O)N1C.CC=O. The first-order chi connectivity index (χ1) is 40.6. The highest BCUT2D eigenvalue weighted by atomic mass is 16.3. The number of nitrogens with one attached hydrogen (secondary N) is 4. The molecule has 1 aliphatic heterocycles. The van der Waals surface area contributed by atoms with E-state index in [0.717, 1.165) is 16.1 Å². The molecule has 0 aromatic carbocycles. The number of carbonyl (C=O) groups excluding carboxylic acids is 12. The number of rotatable bonds is 15.